The van der Waals surface area contributed by atoms with E-state index in [2.05, 4.69) is 21.2 Å². The number of carbonyl (C=O) groups excluding carboxylic acids is 1. The number of halogens is 1. The summed E-state index contributed by atoms with van der Waals surface area (Å²) in [4.78, 5) is 11.7. The van der Waals surface area contributed by atoms with Crippen LogP contribution in [0.25, 0.3) is 0 Å². The zero-order chi connectivity index (χ0) is 13.5. The van der Waals surface area contributed by atoms with E-state index in [4.69, 9.17) is 9.84 Å². The van der Waals surface area contributed by atoms with E-state index in [9.17, 15) is 4.79 Å². The molecule has 2 N–H and O–H groups in total. The maximum atomic E-state index is 11.7. The van der Waals surface area contributed by atoms with Crippen molar-refractivity contribution in [3.8, 4) is 5.75 Å². The Balaban J connectivity index is 2.68. The maximum Gasteiger partial charge on any atom is 0.225 e. The Kier molecular flexibility index (Phi) is 6.15. The maximum absolute atomic E-state index is 11.7. The number of aliphatic hydroxyl groups is 1. The number of aliphatic hydroxyl groups excluding tert-OH is 1. The highest BCUT2D eigenvalue weighted by atomic mass is 79.9. The lowest BCUT2D eigenvalue weighted by Crippen LogP contribution is -2.32. The number of methoxy groups -OCH3 is 1. The summed E-state index contributed by atoms with van der Waals surface area (Å²) in [6.45, 7) is 2.13. The Morgan fingerprint density at radius 3 is 2.83 bits per heavy atom. The van der Waals surface area contributed by atoms with Gasteiger partial charge in [0.05, 0.1) is 19.6 Å². The molecule has 18 heavy (non-hydrogen) atoms. The molecule has 1 unspecified atom stereocenters. The van der Waals surface area contributed by atoms with Gasteiger partial charge in [-0.15, -0.1) is 0 Å². The van der Waals surface area contributed by atoms with Gasteiger partial charge >= 0.3 is 0 Å². The predicted molar refractivity (Wildman–Crippen MR) is 73.4 cm³/mol. The monoisotopic (exact) mass is 315 g/mol. The van der Waals surface area contributed by atoms with Gasteiger partial charge in [-0.2, -0.15) is 0 Å². The normalized spacial score (nSPS) is 12.0. The molecule has 0 aliphatic carbocycles. The predicted octanol–water partition coefficient (Wildman–Crippen LogP) is 2.09. The molecule has 0 aliphatic heterocycles. The van der Waals surface area contributed by atoms with E-state index in [1.165, 1.54) is 0 Å². The third-order valence-electron chi connectivity index (χ3n) is 2.78. The summed E-state index contributed by atoms with van der Waals surface area (Å²) in [6, 6.07) is 5.63. The van der Waals surface area contributed by atoms with Crippen LogP contribution < -0.4 is 10.1 Å². The summed E-state index contributed by atoms with van der Waals surface area (Å²) in [5, 5.41) is 11.8. The van der Waals surface area contributed by atoms with Crippen molar-refractivity contribution in [2.45, 2.75) is 19.9 Å². The number of amides is 1. The van der Waals surface area contributed by atoms with E-state index in [1.54, 1.807) is 7.11 Å². The molecule has 0 bridgehead atoms. The summed E-state index contributed by atoms with van der Waals surface area (Å²) < 4.78 is 6.16. The van der Waals surface area contributed by atoms with Crippen LogP contribution in [0.1, 0.15) is 18.9 Å². The van der Waals surface area contributed by atoms with E-state index in [0.29, 0.717) is 13.0 Å². The number of hydrogen-bond donors (Lipinski definition) is 2. The van der Waals surface area contributed by atoms with Crippen LogP contribution in [0.3, 0.4) is 0 Å². The van der Waals surface area contributed by atoms with E-state index < -0.39 is 0 Å². The second kappa shape index (κ2) is 7.38. The fourth-order valence-corrected chi connectivity index (χ4v) is 2.02. The van der Waals surface area contributed by atoms with E-state index in [0.717, 1.165) is 15.8 Å². The molecule has 0 saturated heterocycles. The number of hydrogen-bond acceptors (Lipinski definition) is 3. The lowest BCUT2D eigenvalue weighted by atomic mass is 10.1. The third-order valence-corrected chi connectivity index (χ3v) is 3.27. The van der Waals surface area contributed by atoms with Gasteiger partial charge < -0.3 is 15.2 Å². The van der Waals surface area contributed by atoms with E-state index >= 15 is 0 Å². The average Bonchev–Trinajstić information content (AvgIpc) is 2.38. The molecule has 1 aromatic carbocycles. The molecule has 0 saturated carbocycles. The Hall–Kier alpha value is -1.07. The summed E-state index contributed by atoms with van der Waals surface area (Å²) >= 11 is 3.38. The van der Waals surface area contributed by atoms with Crippen LogP contribution in [0.15, 0.2) is 22.7 Å². The van der Waals surface area contributed by atoms with Gasteiger partial charge in [-0.25, -0.2) is 0 Å². The SMILES string of the molecule is CCC(CO)C(=O)NCc1cc(Br)ccc1OC. The fraction of sp³-hybridized carbons (Fsp3) is 0.462. The Labute approximate surface area is 115 Å². The van der Waals surface area contributed by atoms with Gasteiger partial charge in [0.15, 0.2) is 0 Å². The Morgan fingerprint density at radius 1 is 1.56 bits per heavy atom. The molecule has 4 nitrogen and oxygen atoms in total. The first-order valence-corrected chi connectivity index (χ1v) is 6.62. The summed E-state index contributed by atoms with van der Waals surface area (Å²) in [5.74, 6) is 0.251. The minimum atomic E-state index is -0.344. The van der Waals surface area contributed by atoms with Gasteiger partial charge in [0.1, 0.15) is 5.75 Å². The first-order valence-electron chi connectivity index (χ1n) is 5.83. The van der Waals surface area contributed by atoms with Crippen LogP contribution >= 0.6 is 15.9 Å². The highest BCUT2D eigenvalue weighted by Crippen LogP contribution is 2.22. The van der Waals surface area contributed by atoms with Crippen molar-refractivity contribution in [3.05, 3.63) is 28.2 Å². The molecule has 5 heteroatoms. The van der Waals surface area contributed by atoms with Crippen molar-refractivity contribution in [3.63, 3.8) is 0 Å². The lowest BCUT2D eigenvalue weighted by Gasteiger charge is -2.14. The van der Waals surface area contributed by atoms with Gasteiger partial charge in [-0.1, -0.05) is 22.9 Å². The molecule has 0 aliphatic rings. The Morgan fingerprint density at radius 2 is 2.28 bits per heavy atom. The van der Waals surface area contributed by atoms with Crippen molar-refractivity contribution in [1.82, 2.24) is 5.32 Å². The second-order valence-corrected chi connectivity index (χ2v) is 4.88. The standard InChI is InChI=1S/C13H18BrNO3/c1-3-9(8-16)13(17)15-7-10-6-11(14)4-5-12(10)18-2/h4-6,9,16H,3,7-8H2,1-2H3,(H,15,17). The molecule has 0 radical (unpaired) electrons. The number of ether oxygens (including phenoxy) is 1. The molecule has 1 amide bonds. The number of benzene rings is 1. The second-order valence-electron chi connectivity index (χ2n) is 3.96. The highest BCUT2D eigenvalue weighted by Gasteiger charge is 2.15. The van der Waals surface area contributed by atoms with Crippen molar-refractivity contribution in [2.24, 2.45) is 5.92 Å². The molecule has 0 aromatic heterocycles. The number of nitrogens with one attached hydrogen (secondary N) is 1. The molecular weight excluding hydrogens is 298 g/mol. The number of rotatable bonds is 6. The van der Waals surface area contributed by atoms with Gasteiger partial charge in [-0.3, -0.25) is 4.79 Å². The van der Waals surface area contributed by atoms with Gasteiger partial charge in [0, 0.05) is 16.6 Å². The van der Waals surface area contributed by atoms with E-state index in [1.807, 2.05) is 25.1 Å². The van der Waals surface area contributed by atoms with Gasteiger partial charge in [0.25, 0.3) is 0 Å². The molecule has 0 fully saturated rings. The quantitative estimate of drug-likeness (QED) is 0.845. The average molecular weight is 316 g/mol. The minimum absolute atomic E-state index is 0.127. The first kappa shape index (κ1) is 15.0. The lowest BCUT2D eigenvalue weighted by molar-refractivity contribution is -0.126. The summed E-state index contributed by atoms with van der Waals surface area (Å²) in [7, 11) is 1.59. The third kappa shape index (κ3) is 3.99. The zero-order valence-electron chi connectivity index (χ0n) is 10.6. The van der Waals surface area contributed by atoms with Crippen LogP contribution in [0.5, 0.6) is 5.75 Å². The first-order chi connectivity index (χ1) is 8.62. The van der Waals surface area contributed by atoms with Crippen molar-refractivity contribution >= 4 is 21.8 Å². The molecule has 1 atom stereocenters. The molecule has 0 spiro atoms. The summed E-state index contributed by atoms with van der Waals surface area (Å²) in [6.07, 6.45) is 0.623. The van der Waals surface area contributed by atoms with Crippen LogP contribution in [0.4, 0.5) is 0 Å². The molecule has 100 valence electrons. The van der Waals surface area contributed by atoms with Gasteiger partial charge in [0.2, 0.25) is 5.91 Å². The van der Waals surface area contributed by atoms with Gasteiger partial charge in [-0.05, 0) is 24.6 Å². The zero-order valence-corrected chi connectivity index (χ0v) is 12.2. The van der Waals surface area contributed by atoms with Crippen LogP contribution in [-0.4, -0.2) is 24.7 Å². The topological polar surface area (TPSA) is 58.6 Å². The van der Waals surface area contributed by atoms with E-state index in [-0.39, 0.29) is 18.4 Å². The van der Waals surface area contributed by atoms with Crippen LogP contribution in [-0.2, 0) is 11.3 Å². The van der Waals surface area contributed by atoms with Crippen molar-refractivity contribution in [1.29, 1.82) is 0 Å². The minimum Gasteiger partial charge on any atom is -0.496 e. The largest absolute Gasteiger partial charge is 0.496 e. The molecule has 1 rings (SSSR count). The van der Waals surface area contributed by atoms with Crippen molar-refractivity contribution < 1.29 is 14.6 Å². The number of carbonyl (C=O) groups is 1. The molecule has 0 heterocycles. The smallest absolute Gasteiger partial charge is 0.225 e. The Bertz CT molecular complexity index is 405. The molecular formula is C13H18BrNO3. The highest BCUT2D eigenvalue weighted by molar-refractivity contribution is 9.10. The molecule has 1 aromatic rings. The van der Waals surface area contributed by atoms with Crippen molar-refractivity contribution in [2.75, 3.05) is 13.7 Å². The summed E-state index contributed by atoms with van der Waals surface area (Å²) in [5.41, 5.74) is 0.896. The van der Waals surface area contributed by atoms with Crippen LogP contribution in [0.2, 0.25) is 0 Å². The van der Waals surface area contributed by atoms with Crippen LogP contribution in [0, 0.1) is 5.92 Å². The fourth-order valence-electron chi connectivity index (χ4n) is 1.61.